The van der Waals surface area contributed by atoms with Gasteiger partial charge in [0.25, 0.3) is 5.69 Å². The average Bonchev–Trinajstić information content (AvgIpc) is 2.68. The number of carboxylic acids is 2. The zero-order valence-corrected chi connectivity index (χ0v) is 9.12. The fraction of sp³-hybridized carbons (Fsp3) is 0.273. The molecule has 18 heavy (non-hydrogen) atoms. The van der Waals surface area contributed by atoms with Gasteiger partial charge in [0.1, 0.15) is 0 Å². The maximum Gasteiger partial charge on any atom is 0.321 e. The molecule has 94 valence electrons. The third-order valence-corrected chi connectivity index (χ3v) is 3.23. The second-order valence-electron chi connectivity index (χ2n) is 4.22. The molecule has 1 aliphatic carbocycles. The van der Waals surface area contributed by atoms with Crippen molar-refractivity contribution in [2.24, 2.45) is 5.41 Å². The molecular weight excluding hydrogens is 242 g/mol. The first-order chi connectivity index (χ1) is 8.38. The Bertz CT molecular complexity index is 551. The lowest BCUT2D eigenvalue weighted by Gasteiger charge is -2.17. The molecule has 0 radical (unpaired) electrons. The van der Waals surface area contributed by atoms with E-state index in [4.69, 9.17) is 10.2 Å². The van der Waals surface area contributed by atoms with Crippen molar-refractivity contribution in [3.05, 3.63) is 39.4 Å². The summed E-state index contributed by atoms with van der Waals surface area (Å²) in [5, 5.41) is 29.0. The molecule has 2 rings (SSSR count). The first-order valence-electron chi connectivity index (χ1n) is 5.10. The number of carboxylic acid groups (broad SMARTS) is 2. The highest BCUT2D eigenvalue weighted by atomic mass is 16.6. The fourth-order valence-electron chi connectivity index (χ4n) is 2.25. The van der Waals surface area contributed by atoms with E-state index in [0.29, 0.717) is 5.56 Å². The molecule has 0 aromatic heterocycles. The van der Waals surface area contributed by atoms with E-state index in [1.54, 1.807) is 0 Å². The van der Waals surface area contributed by atoms with E-state index < -0.39 is 22.3 Å². The molecule has 2 N–H and O–H groups in total. The number of hydrogen-bond acceptors (Lipinski definition) is 4. The van der Waals surface area contributed by atoms with Crippen molar-refractivity contribution in [3.8, 4) is 0 Å². The van der Waals surface area contributed by atoms with Gasteiger partial charge in [-0.3, -0.25) is 19.7 Å². The highest BCUT2D eigenvalue weighted by molar-refractivity contribution is 6.00. The maximum atomic E-state index is 11.2. The minimum absolute atomic E-state index is 0.201. The predicted octanol–water partition coefficient (Wildman–Crippen LogP) is 0.849. The molecule has 0 atom stereocenters. The molecule has 0 unspecified atom stereocenters. The van der Waals surface area contributed by atoms with E-state index >= 15 is 0 Å². The van der Waals surface area contributed by atoms with Gasteiger partial charge in [-0.1, -0.05) is 12.1 Å². The summed E-state index contributed by atoms with van der Waals surface area (Å²) >= 11 is 0. The Labute approximate surface area is 101 Å². The Morgan fingerprint density at radius 2 is 1.83 bits per heavy atom. The van der Waals surface area contributed by atoms with E-state index in [0.717, 1.165) is 0 Å². The topological polar surface area (TPSA) is 118 Å². The van der Waals surface area contributed by atoms with Crippen LogP contribution >= 0.6 is 0 Å². The maximum absolute atomic E-state index is 11.2. The van der Waals surface area contributed by atoms with Gasteiger partial charge in [-0.15, -0.1) is 0 Å². The van der Waals surface area contributed by atoms with Crippen molar-refractivity contribution in [1.29, 1.82) is 0 Å². The van der Waals surface area contributed by atoms with Crippen LogP contribution in [0.1, 0.15) is 11.1 Å². The summed E-state index contributed by atoms with van der Waals surface area (Å²) in [5.41, 5.74) is -1.60. The minimum atomic E-state index is -1.99. The van der Waals surface area contributed by atoms with Crippen molar-refractivity contribution in [2.45, 2.75) is 12.8 Å². The molecule has 0 spiro atoms. The number of carbonyl (C=O) groups is 2. The van der Waals surface area contributed by atoms with E-state index in [2.05, 4.69) is 0 Å². The largest absolute Gasteiger partial charge is 0.480 e. The molecule has 1 aromatic rings. The Morgan fingerprint density at radius 3 is 2.33 bits per heavy atom. The molecule has 0 saturated heterocycles. The van der Waals surface area contributed by atoms with Gasteiger partial charge in [0.2, 0.25) is 0 Å². The fourth-order valence-corrected chi connectivity index (χ4v) is 2.25. The molecule has 0 fully saturated rings. The SMILES string of the molecule is O=C(O)C1(C(=O)O)Cc2cccc([N+](=O)[O-])c2C1. The smallest absolute Gasteiger partial charge is 0.321 e. The van der Waals surface area contributed by atoms with Gasteiger partial charge in [0.15, 0.2) is 5.41 Å². The van der Waals surface area contributed by atoms with Crippen molar-refractivity contribution in [1.82, 2.24) is 0 Å². The molecule has 7 heteroatoms. The van der Waals surface area contributed by atoms with Gasteiger partial charge in [0, 0.05) is 24.5 Å². The first-order valence-corrected chi connectivity index (χ1v) is 5.10. The van der Waals surface area contributed by atoms with Crippen LogP contribution in [0.2, 0.25) is 0 Å². The molecular formula is C11H9NO6. The highest BCUT2D eigenvalue weighted by Gasteiger charge is 2.52. The number of hydrogen-bond donors (Lipinski definition) is 2. The summed E-state index contributed by atoms with van der Waals surface area (Å²) in [4.78, 5) is 32.5. The quantitative estimate of drug-likeness (QED) is 0.467. The molecule has 0 heterocycles. The second kappa shape index (κ2) is 3.80. The number of rotatable bonds is 3. The van der Waals surface area contributed by atoms with Crippen LogP contribution < -0.4 is 0 Å². The van der Waals surface area contributed by atoms with Crippen LogP contribution in [-0.2, 0) is 22.4 Å². The zero-order chi connectivity index (χ0) is 13.5. The van der Waals surface area contributed by atoms with Crippen LogP contribution in [-0.4, -0.2) is 27.1 Å². The van der Waals surface area contributed by atoms with Crippen LogP contribution in [0.5, 0.6) is 0 Å². The van der Waals surface area contributed by atoms with Crippen LogP contribution in [0, 0.1) is 15.5 Å². The molecule has 0 bridgehead atoms. The predicted molar refractivity (Wildman–Crippen MR) is 58.2 cm³/mol. The van der Waals surface area contributed by atoms with E-state index in [1.165, 1.54) is 18.2 Å². The highest BCUT2D eigenvalue weighted by Crippen LogP contribution is 2.41. The first kappa shape index (κ1) is 12.0. The van der Waals surface area contributed by atoms with Gasteiger partial charge >= 0.3 is 11.9 Å². The zero-order valence-electron chi connectivity index (χ0n) is 9.12. The average molecular weight is 251 g/mol. The second-order valence-corrected chi connectivity index (χ2v) is 4.22. The Kier molecular flexibility index (Phi) is 2.54. The molecule has 1 aliphatic rings. The summed E-state index contributed by atoms with van der Waals surface area (Å²) < 4.78 is 0. The molecule has 1 aromatic carbocycles. The van der Waals surface area contributed by atoms with Crippen LogP contribution in [0.15, 0.2) is 18.2 Å². The van der Waals surface area contributed by atoms with Gasteiger partial charge in [-0.2, -0.15) is 0 Å². The summed E-state index contributed by atoms with van der Waals surface area (Å²) in [6.45, 7) is 0. The van der Waals surface area contributed by atoms with Crippen molar-refractivity contribution < 1.29 is 24.7 Å². The number of nitro benzene ring substituents is 1. The normalized spacial score (nSPS) is 16.0. The minimum Gasteiger partial charge on any atom is -0.480 e. The van der Waals surface area contributed by atoms with Crippen LogP contribution in [0.25, 0.3) is 0 Å². The lowest BCUT2D eigenvalue weighted by molar-refractivity contribution is -0.385. The van der Waals surface area contributed by atoms with Crippen LogP contribution in [0.4, 0.5) is 5.69 Å². The van der Waals surface area contributed by atoms with Crippen molar-refractivity contribution >= 4 is 17.6 Å². The monoisotopic (exact) mass is 251 g/mol. The Hall–Kier alpha value is -2.44. The molecule has 0 aliphatic heterocycles. The number of benzene rings is 1. The number of aliphatic carboxylic acids is 2. The standard InChI is InChI=1S/C11H9NO6/c13-9(14)11(10(15)16)4-6-2-1-3-8(12(17)18)7(6)5-11/h1-3H,4-5H2,(H,13,14)(H,15,16). The van der Waals surface area contributed by atoms with Gasteiger partial charge in [0.05, 0.1) is 4.92 Å². The summed E-state index contributed by atoms with van der Waals surface area (Å²) in [6, 6.07) is 4.20. The number of fused-ring (bicyclic) bond motifs is 1. The number of nitro groups is 1. The van der Waals surface area contributed by atoms with E-state index in [9.17, 15) is 19.7 Å². The summed E-state index contributed by atoms with van der Waals surface area (Å²) in [7, 11) is 0. The van der Waals surface area contributed by atoms with Gasteiger partial charge in [-0.05, 0) is 5.56 Å². The lowest BCUT2D eigenvalue weighted by atomic mass is 9.85. The number of nitrogens with zero attached hydrogens (tertiary/aromatic N) is 1. The lowest BCUT2D eigenvalue weighted by Crippen LogP contribution is -2.40. The van der Waals surface area contributed by atoms with Crippen LogP contribution in [0.3, 0.4) is 0 Å². The third kappa shape index (κ3) is 1.52. The van der Waals surface area contributed by atoms with Gasteiger partial charge in [-0.25, -0.2) is 0 Å². The molecule has 0 amide bonds. The van der Waals surface area contributed by atoms with Crippen molar-refractivity contribution in [2.75, 3.05) is 0 Å². The van der Waals surface area contributed by atoms with E-state index in [-0.39, 0.29) is 24.1 Å². The summed E-state index contributed by atoms with van der Waals surface area (Å²) in [6.07, 6.45) is -0.584. The third-order valence-electron chi connectivity index (χ3n) is 3.23. The van der Waals surface area contributed by atoms with Crippen molar-refractivity contribution in [3.63, 3.8) is 0 Å². The van der Waals surface area contributed by atoms with E-state index in [1.807, 2.05) is 0 Å². The summed E-state index contributed by atoms with van der Waals surface area (Å²) in [5.74, 6) is -2.94. The van der Waals surface area contributed by atoms with Gasteiger partial charge < -0.3 is 10.2 Å². The Morgan fingerprint density at radius 1 is 1.22 bits per heavy atom. The Balaban J connectivity index is 2.56. The molecule has 7 nitrogen and oxygen atoms in total. The molecule has 0 saturated carbocycles.